The summed E-state index contributed by atoms with van der Waals surface area (Å²) in [5, 5.41) is 24.4. The zero-order valence-electron chi connectivity index (χ0n) is 15.5. The molecule has 0 saturated heterocycles. The van der Waals surface area contributed by atoms with Gasteiger partial charge in [0.2, 0.25) is 0 Å². The fraction of sp³-hybridized carbons (Fsp3) is 0.0417. The molecule has 0 spiro atoms. The van der Waals surface area contributed by atoms with Gasteiger partial charge < -0.3 is 10.6 Å². The highest BCUT2D eigenvalue weighted by molar-refractivity contribution is 6.07. The van der Waals surface area contributed by atoms with E-state index in [4.69, 9.17) is 5.26 Å². The summed E-state index contributed by atoms with van der Waals surface area (Å²) in [6.45, 7) is 0. The normalized spacial score (nSPS) is 10.7. The fourth-order valence-electron chi connectivity index (χ4n) is 2.87. The summed E-state index contributed by atoms with van der Waals surface area (Å²) in [5.74, 6) is -0.581. The molecular formula is C24H18N4O. The number of nitrogens with zero attached hydrogens (tertiary/aromatic N) is 2. The number of hydrogen-bond acceptors (Lipinski definition) is 4. The van der Waals surface area contributed by atoms with E-state index in [1.54, 1.807) is 24.3 Å². The largest absolute Gasteiger partial charge is 0.379 e. The molecule has 140 valence electrons. The van der Waals surface area contributed by atoms with Gasteiger partial charge in [0.25, 0.3) is 5.91 Å². The minimum absolute atomic E-state index is 0.0883. The Hall–Kier alpha value is -4.35. The molecule has 29 heavy (non-hydrogen) atoms. The molecule has 0 atom stereocenters. The quantitative estimate of drug-likeness (QED) is 0.495. The molecule has 3 aromatic rings. The van der Waals surface area contributed by atoms with E-state index in [1.807, 2.05) is 72.8 Å². The first-order valence-corrected chi connectivity index (χ1v) is 8.99. The van der Waals surface area contributed by atoms with Gasteiger partial charge in [0.05, 0.1) is 17.3 Å². The van der Waals surface area contributed by atoms with Crippen LogP contribution >= 0.6 is 0 Å². The lowest BCUT2D eigenvalue weighted by atomic mass is 9.99. The molecule has 0 aliphatic heterocycles. The van der Waals surface area contributed by atoms with Crippen molar-refractivity contribution in [2.45, 2.75) is 6.04 Å². The van der Waals surface area contributed by atoms with Gasteiger partial charge in [-0.25, -0.2) is 0 Å². The Labute approximate surface area is 169 Å². The maximum Gasteiger partial charge on any atom is 0.267 e. The first-order valence-electron chi connectivity index (χ1n) is 8.99. The van der Waals surface area contributed by atoms with Gasteiger partial charge in [-0.1, -0.05) is 72.8 Å². The number of amides is 1. The third kappa shape index (κ3) is 4.88. The number of nitrogens with one attached hydrogen (secondary N) is 2. The molecule has 1 amide bonds. The number of benzene rings is 3. The van der Waals surface area contributed by atoms with Crippen molar-refractivity contribution in [3.63, 3.8) is 0 Å². The smallest absolute Gasteiger partial charge is 0.267 e. The SMILES string of the molecule is N#C/C(=C/NC(c1ccccc1)c1ccccc1)C(=O)Nc1ccccc1C#N. The first kappa shape index (κ1) is 19.4. The number of rotatable bonds is 6. The number of carbonyl (C=O) groups is 1. The predicted molar refractivity (Wildman–Crippen MR) is 111 cm³/mol. The summed E-state index contributed by atoms with van der Waals surface area (Å²) in [5.41, 5.74) is 2.61. The third-order valence-electron chi connectivity index (χ3n) is 4.32. The van der Waals surface area contributed by atoms with Gasteiger partial charge in [-0.05, 0) is 23.3 Å². The van der Waals surface area contributed by atoms with E-state index in [2.05, 4.69) is 10.6 Å². The Balaban J connectivity index is 1.84. The topological polar surface area (TPSA) is 88.7 Å². The lowest BCUT2D eigenvalue weighted by Gasteiger charge is -2.19. The second-order valence-corrected chi connectivity index (χ2v) is 6.20. The molecule has 3 rings (SSSR count). The Morgan fingerprint density at radius 1 is 0.828 bits per heavy atom. The van der Waals surface area contributed by atoms with Crippen LogP contribution in [0.25, 0.3) is 0 Å². The van der Waals surface area contributed by atoms with Gasteiger partial charge in [0, 0.05) is 6.20 Å². The van der Waals surface area contributed by atoms with Crippen LogP contribution in [0.5, 0.6) is 0 Å². The average Bonchev–Trinajstić information content (AvgIpc) is 2.78. The third-order valence-corrected chi connectivity index (χ3v) is 4.32. The van der Waals surface area contributed by atoms with Gasteiger partial charge in [0.15, 0.2) is 0 Å². The van der Waals surface area contributed by atoms with Crippen LogP contribution in [0.2, 0.25) is 0 Å². The number of carbonyl (C=O) groups excluding carboxylic acids is 1. The highest BCUT2D eigenvalue weighted by atomic mass is 16.1. The molecule has 3 aromatic carbocycles. The molecular weight excluding hydrogens is 360 g/mol. The second-order valence-electron chi connectivity index (χ2n) is 6.20. The summed E-state index contributed by atoms with van der Waals surface area (Å²) in [4.78, 5) is 12.5. The molecule has 0 aliphatic rings. The van der Waals surface area contributed by atoms with E-state index in [0.29, 0.717) is 11.3 Å². The van der Waals surface area contributed by atoms with Crippen LogP contribution in [0.15, 0.2) is 96.7 Å². The Morgan fingerprint density at radius 2 is 1.38 bits per heavy atom. The monoisotopic (exact) mass is 378 g/mol. The van der Waals surface area contributed by atoms with Gasteiger partial charge in [-0.15, -0.1) is 0 Å². The van der Waals surface area contributed by atoms with Gasteiger partial charge in [-0.3, -0.25) is 4.79 Å². The van der Waals surface area contributed by atoms with Crippen LogP contribution in [-0.2, 0) is 4.79 Å². The predicted octanol–water partition coefficient (Wildman–Crippen LogP) is 4.28. The zero-order valence-corrected chi connectivity index (χ0v) is 15.5. The molecule has 0 heterocycles. The second kappa shape index (κ2) is 9.55. The summed E-state index contributed by atoms with van der Waals surface area (Å²) in [7, 11) is 0. The summed E-state index contributed by atoms with van der Waals surface area (Å²) < 4.78 is 0. The minimum atomic E-state index is -0.581. The highest BCUT2D eigenvalue weighted by Gasteiger charge is 2.15. The van der Waals surface area contributed by atoms with Gasteiger partial charge in [-0.2, -0.15) is 10.5 Å². The van der Waals surface area contributed by atoms with Crippen molar-refractivity contribution in [3.05, 3.63) is 113 Å². The van der Waals surface area contributed by atoms with Crippen molar-refractivity contribution in [2.75, 3.05) is 5.32 Å². The fourth-order valence-corrected chi connectivity index (χ4v) is 2.87. The van der Waals surface area contributed by atoms with Crippen LogP contribution in [0, 0.1) is 22.7 Å². The van der Waals surface area contributed by atoms with E-state index < -0.39 is 5.91 Å². The molecule has 5 heteroatoms. The Bertz CT molecular complexity index is 1050. The highest BCUT2D eigenvalue weighted by Crippen LogP contribution is 2.22. The molecule has 5 nitrogen and oxygen atoms in total. The lowest BCUT2D eigenvalue weighted by molar-refractivity contribution is -0.112. The van der Waals surface area contributed by atoms with E-state index in [-0.39, 0.29) is 11.6 Å². The summed E-state index contributed by atoms with van der Waals surface area (Å²) >= 11 is 0. The number of anilines is 1. The van der Waals surface area contributed by atoms with Crippen LogP contribution in [0.3, 0.4) is 0 Å². The van der Waals surface area contributed by atoms with E-state index in [9.17, 15) is 10.1 Å². The van der Waals surface area contributed by atoms with E-state index in [0.717, 1.165) is 11.1 Å². The van der Waals surface area contributed by atoms with Crippen molar-refractivity contribution in [2.24, 2.45) is 0 Å². The molecule has 0 bridgehead atoms. The number of hydrogen-bond donors (Lipinski definition) is 2. The van der Waals surface area contributed by atoms with Crippen LogP contribution in [0.4, 0.5) is 5.69 Å². The van der Waals surface area contributed by atoms with Gasteiger partial charge in [0.1, 0.15) is 17.7 Å². The number of nitriles is 2. The van der Waals surface area contributed by atoms with Crippen molar-refractivity contribution >= 4 is 11.6 Å². The molecule has 0 fully saturated rings. The van der Waals surface area contributed by atoms with Crippen molar-refractivity contribution < 1.29 is 4.79 Å². The maximum atomic E-state index is 12.5. The molecule has 2 N–H and O–H groups in total. The Kier molecular flexibility index (Phi) is 6.39. The molecule has 0 unspecified atom stereocenters. The molecule has 0 aliphatic carbocycles. The van der Waals surface area contributed by atoms with Crippen LogP contribution in [-0.4, -0.2) is 5.91 Å². The minimum Gasteiger partial charge on any atom is -0.379 e. The summed E-state index contributed by atoms with van der Waals surface area (Å²) in [6.07, 6.45) is 1.41. The van der Waals surface area contributed by atoms with Crippen molar-refractivity contribution in [1.29, 1.82) is 10.5 Å². The van der Waals surface area contributed by atoms with Gasteiger partial charge >= 0.3 is 0 Å². The lowest BCUT2D eigenvalue weighted by Crippen LogP contribution is -2.21. The van der Waals surface area contributed by atoms with E-state index >= 15 is 0 Å². The van der Waals surface area contributed by atoms with Crippen molar-refractivity contribution in [3.8, 4) is 12.1 Å². The molecule has 0 saturated carbocycles. The average molecular weight is 378 g/mol. The zero-order chi connectivity index (χ0) is 20.5. The Morgan fingerprint density at radius 3 is 1.93 bits per heavy atom. The van der Waals surface area contributed by atoms with Crippen LogP contribution < -0.4 is 10.6 Å². The first-order chi connectivity index (χ1) is 14.2. The number of para-hydroxylation sites is 1. The van der Waals surface area contributed by atoms with Crippen LogP contribution in [0.1, 0.15) is 22.7 Å². The summed E-state index contributed by atoms with van der Waals surface area (Å²) in [6, 6.07) is 29.9. The maximum absolute atomic E-state index is 12.5. The molecule has 0 aromatic heterocycles. The van der Waals surface area contributed by atoms with E-state index in [1.165, 1.54) is 6.20 Å². The standard InChI is InChI=1S/C24H18N4O/c25-15-20-13-7-8-14-22(20)28-24(29)21(16-26)17-27-23(18-9-3-1-4-10-18)19-11-5-2-6-12-19/h1-14,17,23,27H,(H,28,29)/b21-17-. The molecule has 0 radical (unpaired) electrons. The van der Waals surface area contributed by atoms with Crippen molar-refractivity contribution in [1.82, 2.24) is 5.32 Å².